The van der Waals surface area contributed by atoms with Gasteiger partial charge in [-0.2, -0.15) is 0 Å². The molecule has 1 aliphatic rings. The number of hydrogen-bond acceptors (Lipinski definition) is 2. The summed E-state index contributed by atoms with van der Waals surface area (Å²) < 4.78 is 26.4. The van der Waals surface area contributed by atoms with E-state index in [0.717, 1.165) is 34.7 Å². The first-order chi connectivity index (χ1) is 14.5. The first kappa shape index (κ1) is 18.4. The van der Waals surface area contributed by atoms with E-state index in [9.17, 15) is 18.4 Å². The number of hydrogen-bond donors (Lipinski definition) is 0. The lowest BCUT2D eigenvalue weighted by atomic mass is 9.93. The largest absolute Gasteiger partial charge is 0.289 e. The predicted molar refractivity (Wildman–Crippen MR) is 111 cm³/mol. The SMILES string of the molecule is O=C(c1ccc(F)cc1)c1cc2c3c(cc(C(=O)c4ccc(F)cc4)cc3c1)CC2. The van der Waals surface area contributed by atoms with Gasteiger partial charge in [0.15, 0.2) is 11.6 Å². The fourth-order valence-electron chi connectivity index (χ4n) is 4.16. The van der Waals surface area contributed by atoms with Crippen molar-refractivity contribution in [2.24, 2.45) is 0 Å². The molecule has 5 rings (SSSR count). The zero-order valence-corrected chi connectivity index (χ0v) is 15.9. The van der Waals surface area contributed by atoms with E-state index in [0.29, 0.717) is 22.3 Å². The van der Waals surface area contributed by atoms with E-state index < -0.39 is 11.6 Å². The quantitative estimate of drug-likeness (QED) is 0.415. The van der Waals surface area contributed by atoms with Crippen LogP contribution in [0.1, 0.15) is 43.0 Å². The van der Waals surface area contributed by atoms with Crippen LogP contribution in [-0.2, 0) is 12.8 Å². The molecule has 4 heteroatoms. The van der Waals surface area contributed by atoms with Crippen LogP contribution in [0, 0.1) is 11.6 Å². The third-order valence-electron chi connectivity index (χ3n) is 5.61. The summed E-state index contributed by atoms with van der Waals surface area (Å²) >= 11 is 0. The molecule has 0 N–H and O–H groups in total. The van der Waals surface area contributed by atoms with Gasteiger partial charge < -0.3 is 0 Å². The van der Waals surface area contributed by atoms with Crippen molar-refractivity contribution in [3.05, 3.63) is 118 Å². The van der Waals surface area contributed by atoms with Gasteiger partial charge in [-0.15, -0.1) is 0 Å². The van der Waals surface area contributed by atoms with Gasteiger partial charge in [-0.3, -0.25) is 9.59 Å². The first-order valence-corrected chi connectivity index (χ1v) is 9.70. The Balaban J connectivity index is 1.60. The maximum atomic E-state index is 13.2. The second kappa shape index (κ2) is 6.99. The fourth-order valence-corrected chi connectivity index (χ4v) is 4.16. The van der Waals surface area contributed by atoms with Gasteiger partial charge in [0.2, 0.25) is 0 Å². The zero-order chi connectivity index (χ0) is 20.8. The van der Waals surface area contributed by atoms with Crippen LogP contribution in [0.3, 0.4) is 0 Å². The standard InChI is InChI=1S/C26H16F2O2/c27-22-7-3-15(4-8-22)25(29)20-11-17-1-2-18-12-21(14-19(13-20)24(17)18)26(30)16-5-9-23(28)10-6-16/h3-14H,1-2H2. The Kier molecular flexibility index (Phi) is 4.28. The molecule has 4 aromatic rings. The minimum Gasteiger partial charge on any atom is -0.289 e. The first-order valence-electron chi connectivity index (χ1n) is 9.70. The smallest absolute Gasteiger partial charge is 0.193 e. The normalized spacial score (nSPS) is 12.3. The van der Waals surface area contributed by atoms with Gasteiger partial charge in [0.25, 0.3) is 0 Å². The molecule has 2 nitrogen and oxygen atoms in total. The summed E-state index contributed by atoms with van der Waals surface area (Å²) in [5.74, 6) is -1.15. The summed E-state index contributed by atoms with van der Waals surface area (Å²) in [6.45, 7) is 0. The second-order valence-corrected chi connectivity index (χ2v) is 7.54. The summed E-state index contributed by atoms with van der Waals surface area (Å²) in [6.07, 6.45) is 1.59. The molecule has 0 saturated heterocycles. The lowest BCUT2D eigenvalue weighted by Crippen LogP contribution is -2.04. The van der Waals surface area contributed by atoms with Gasteiger partial charge in [-0.25, -0.2) is 8.78 Å². The average Bonchev–Trinajstić information content (AvgIpc) is 3.17. The highest BCUT2D eigenvalue weighted by atomic mass is 19.1. The van der Waals surface area contributed by atoms with Crippen molar-refractivity contribution in [2.75, 3.05) is 0 Å². The molecule has 1 aliphatic carbocycles. The van der Waals surface area contributed by atoms with Crippen LogP contribution >= 0.6 is 0 Å². The highest BCUT2D eigenvalue weighted by Crippen LogP contribution is 2.34. The lowest BCUT2D eigenvalue weighted by Gasteiger charge is -2.09. The van der Waals surface area contributed by atoms with E-state index >= 15 is 0 Å². The molecule has 0 unspecified atom stereocenters. The van der Waals surface area contributed by atoms with E-state index in [4.69, 9.17) is 0 Å². The Labute approximate surface area is 171 Å². The molecule has 0 saturated carbocycles. The van der Waals surface area contributed by atoms with E-state index in [-0.39, 0.29) is 11.6 Å². The fraction of sp³-hybridized carbons (Fsp3) is 0.0769. The van der Waals surface area contributed by atoms with Crippen LogP contribution in [0.15, 0.2) is 72.8 Å². The molecule has 4 aromatic carbocycles. The van der Waals surface area contributed by atoms with Gasteiger partial charge in [0.05, 0.1) is 0 Å². The lowest BCUT2D eigenvalue weighted by molar-refractivity contribution is 0.103. The van der Waals surface area contributed by atoms with Crippen molar-refractivity contribution in [1.29, 1.82) is 0 Å². The van der Waals surface area contributed by atoms with E-state index in [1.165, 1.54) is 48.5 Å². The number of halogens is 2. The summed E-state index contributed by atoms with van der Waals surface area (Å²) in [6, 6.07) is 18.3. The molecule has 0 fully saturated rings. The maximum Gasteiger partial charge on any atom is 0.193 e. The Morgan fingerprint density at radius 1 is 0.567 bits per heavy atom. The van der Waals surface area contributed by atoms with Crippen LogP contribution in [0.5, 0.6) is 0 Å². The Morgan fingerprint density at radius 3 is 1.37 bits per heavy atom. The molecule has 0 aromatic heterocycles. The molecule has 30 heavy (non-hydrogen) atoms. The third-order valence-corrected chi connectivity index (χ3v) is 5.61. The van der Waals surface area contributed by atoms with Crippen molar-refractivity contribution >= 4 is 22.3 Å². The molecule has 0 spiro atoms. The third kappa shape index (κ3) is 3.11. The number of benzene rings is 4. The molecule has 146 valence electrons. The van der Waals surface area contributed by atoms with Crippen LogP contribution < -0.4 is 0 Å². The molecular weight excluding hydrogens is 382 g/mol. The summed E-state index contributed by atoms with van der Waals surface area (Å²) in [4.78, 5) is 25.9. The Hall–Kier alpha value is -3.66. The van der Waals surface area contributed by atoms with E-state index in [2.05, 4.69) is 0 Å². The molecular formula is C26H16F2O2. The summed E-state index contributed by atoms with van der Waals surface area (Å²) in [7, 11) is 0. The van der Waals surface area contributed by atoms with Crippen molar-refractivity contribution in [2.45, 2.75) is 12.8 Å². The highest BCUT2D eigenvalue weighted by molar-refractivity contribution is 6.14. The van der Waals surface area contributed by atoms with Crippen LogP contribution in [-0.4, -0.2) is 11.6 Å². The van der Waals surface area contributed by atoms with Crippen molar-refractivity contribution in [1.82, 2.24) is 0 Å². The van der Waals surface area contributed by atoms with Crippen molar-refractivity contribution < 1.29 is 18.4 Å². The van der Waals surface area contributed by atoms with Gasteiger partial charge in [0.1, 0.15) is 11.6 Å². The second-order valence-electron chi connectivity index (χ2n) is 7.54. The number of rotatable bonds is 4. The maximum absolute atomic E-state index is 13.2. The monoisotopic (exact) mass is 398 g/mol. The van der Waals surface area contributed by atoms with Gasteiger partial charge in [0, 0.05) is 22.3 Å². The zero-order valence-electron chi connectivity index (χ0n) is 15.9. The minimum absolute atomic E-state index is 0.183. The summed E-state index contributed by atoms with van der Waals surface area (Å²) in [5.41, 5.74) is 4.02. The van der Waals surface area contributed by atoms with E-state index in [1.807, 2.05) is 12.1 Å². The van der Waals surface area contributed by atoms with Gasteiger partial charge >= 0.3 is 0 Å². The van der Waals surface area contributed by atoms with Crippen molar-refractivity contribution in [3.63, 3.8) is 0 Å². The van der Waals surface area contributed by atoms with Gasteiger partial charge in [-0.05, 0) is 108 Å². The van der Waals surface area contributed by atoms with Crippen LogP contribution in [0.4, 0.5) is 8.78 Å². The number of carbonyl (C=O) groups is 2. The average molecular weight is 398 g/mol. The van der Waals surface area contributed by atoms with Crippen LogP contribution in [0.25, 0.3) is 10.8 Å². The molecule has 0 radical (unpaired) electrons. The summed E-state index contributed by atoms with van der Waals surface area (Å²) in [5, 5.41) is 1.92. The Bertz CT molecular complexity index is 1220. The molecule has 0 aliphatic heterocycles. The van der Waals surface area contributed by atoms with Crippen LogP contribution in [0.2, 0.25) is 0 Å². The topological polar surface area (TPSA) is 34.1 Å². The molecule has 0 heterocycles. The Morgan fingerprint density at radius 2 is 0.967 bits per heavy atom. The minimum atomic E-state index is -0.391. The number of aryl methyl sites for hydroxylation is 2. The molecule has 0 bridgehead atoms. The molecule has 0 amide bonds. The molecule has 0 atom stereocenters. The predicted octanol–water partition coefficient (Wildman–Crippen LogP) is 5.68. The van der Waals surface area contributed by atoms with E-state index in [1.54, 1.807) is 12.1 Å². The number of ketones is 2. The van der Waals surface area contributed by atoms with Gasteiger partial charge in [-0.1, -0.05) is 0 Å². The number of carbonyl (C=O) groups excluding carboxylic acids is 2. The van der Waals surface area contributed by atoms with Crippen molar-refractivity contribution in [3.8, 4) is 0 Å². The highest BCUT2D eigenvalue weighted by Gasteiger charge is 2.21.